The van der Waals surface area contributed by atoms with E-state index in [-0.39, 0.29) is 23.5 Å². The van der Waals surface area contributed by atoms with Crippen molar-refractivity contribution >= 4 is 5.97 Å². The summed E-state index contributed by atoms with van der Waals surface area (Å²) in [6, 6.07) is 32.6. The molecule has 1 saturated heterocycles. The highest BCUT2D eigenvalue weighted by Crippen LogP contribution is 2.45. The molecule has 2 atom stereocenters. The van der Waals surface area contributed by atoms with E-state index < -0.39 is 5.60 Å². The van der Waals surface area contributed by atoms with Crippen molar-refractivity contribution in [3.8, 4) is 0 Å². The van der Waals surface area contributed by atoms with Crippen LogP contribution in [-0.2, 0) is 15.1 Å². The number of esters is 1. The number of hydrogen-bond acceptors (Lipinski definition) is 4. The van der Waals surface area contributed by atoms with Crippen LogP contribution in [0.1, 0.15) is 70.6 Å². The van der Waals surface area contributed by atoms with Gasteiger partial charge >= 0.3 is 5.97 Å². The highest BCUT2D eigenvalue weighted by molar-refractivity contribution is 5.76. The van der Waals surface area contributed by atoms with Gasteiger partial charge < -0.3 is 10.1 Å². The van der Waals surface area contributed by atoms with Gasteiger partial charge in [0.25, 0.3) is 0 Å². The SMILES string of the molecule is CC(C)[C@H](NCCCC1CCN(C(c2ccccc2)(c2ccccc2)c2ccccc2)C1)C(=O)OC(C)(C)C. The van der Waals surface area contributed by atoms with Crippen LogP contribution in [0.4, 0.5) is 0 Å². The summed E-state index contributed by atoms with van der Waals surface area (Å²) in [5, 5.41) is 3.50. The number of rotatable bonds is 11. The Morgan fingerprint density at radius 2 is 1.36 bits per heavy atom. The van der Waals surface area contributed by atoms with Crippen molar-refractivity contribution in [2.24, 2.45) is 11.8 Å². The summed E-state index contributed by atoms with van der Waals surface area (Å²) in [6.45, 7) is 12.8. The summed E-state index contributed by atoms with van der Waals surface area (Å²) >= 11 is 0. The Balaban J connectivity index is 1.49. The van der Waals surface area contributed by atoms with E-state index in [1.54, 1.807) is 0 Å². The van der Waals surface area contributed by atoms with Gasteiger partial charge in [0.05, 0.1) is 5.54 Å². The van der Waals surface area contributed by atoms with E-state index in [1.165, 1.54) is 23.1 Å². The van der Waals surface area contributed by atoms with Crippen LogP contribution in [-0.4, -0.2) is 42.1 Å². The summed E-state index contributed by atoms with van der Waals surface area (Å²) in [5.41, 5.74) is 3.11. The maximum Gasteiger partial charge on any atom is 0.323 e. The van der Waals surface area contributed by atoms with Crippen LogP contribution >= 0.6 is 0 Å². The van der Waals surface area contributed by atoms with E-state index in [4.69, 9.17) is 4.74 Å². The Hall–Kier alpha value is -2.95. The highest BCUT2D eigenvalue weighted by atomic mass is 16.6. The molecule has 3 aromatic rings. The van der Waals surface area contributed by atoms with Crippen LogP contribution < -0.4 is 5.32 Å². The molecular formula is C35H46N2O2. The van der Waals surface area contributed by atoms with Gasteiger partial charge in [-0.25, -0.2) is 0 Å². The maximum absolute atomic E-state index is 12.7. The molecule has 0 bridgehead atoms. The fourth-order valence-electron chi connectivity index (χ4n) is 6.06. The molecule has 1 aliphatic rings. The smallest absolute Gasteiger partial charge is 0.323 e. The monoisotopic (exact) mass is 526 g/mol. The number of carbonyl (C=O) groups is 1. The number of likely N-dealkylation sites (tertiary alicyclic amines) is 1. The summed E-state index contributed by atoms with van der Waals surface area (Å²) in [6.07, 6.45) is 3.35. The van der Waals surface area contributed by atoms with E-state index in [2.05, 4.69) is 115 Å². The third-order valence-corrected chi connectivity index (χ3v) is 7.82. The number of carbonyl (C=O) groups excluding carboxylic acids is 1. The summed E-state index contributed by atoms with van der Waals surface area (Å²) in [4.78, 5) is 15.4. The van der Waals surface area contributed by atoms with Gasteiger partial charge in [-0.15, -0.1) is 0 Å². The van der Waals surface area contributed by atoms with Gasteiger partial charge in [0.15, 0.2) is 0 Å². The minimum Gasteiger partial charge on any atom is -0.459 e. The van der Waals surface area contributed by atoms with Gasteiger partial charge in [0, 0.05) is 6.54 Å². The zero-order chi connectivity index (χ0) is 27.9. The maximum atomic E-state index is 12.7. The Kier molecular flexibility index (Phi) is 9.63. The lowest BCUT2D eigenvalue weighted by molar-refractivity contribution is -0.158. The predicted octanol–water partition coefficient (Wildman–Crippen LogP) is 7.04. The molecule has 4 rings (SSSR count). The van der Waals surface area contributed by atoms with Gasteiger partial charge in [0.2, 0.25) is 0 Å². The molecule has 39 heavy (non-hydrogen) atoms. The van der Waals surface area contributed by atoms with Crippen molar-refractivity contribution in [2.75, 3.05) is 19.6 Å². The van der Waals surface area contributed by atoms with Crippen LogP contribution in [0.25, 0.3) is 0 Å². The molecule has 3 aromatic carbocycles. The molecule has 0 amide bonds. The molecule has 1 aliphatic heterocycles. The summed E-state index contributed by atoms with van der Waals surface area (Å²) in [7, 11) is 0. The quantitative estimate of drug-likeness (QED) is 0.165. The molecule has 1 unspecified atom stereocenters. The van der Waals surface area contributed by atoms with Crippen molar-refractivity contribution in [2.45, 2.75) is 71.1 Å². The molecule has 0 saturated carbocycles. The van der Waals surface area contributed by atoms with E-state index in [0.29, 0.717) is 5.92 Å². The molecule has 4 nitrogen and oxygen atoms in total. The first-order chi connectivity index (χ1) is 18.7. The number of nitrogens with one attached hydrogen (secondary N) is 1. The van der Waals surface area contributed by atoms with E-state index in [1.807, 2.05) is 20.8 Å². The Morgan fingerprint density at radius 1 is 0.872 bits per heavy atom. The molecule has 1 N–H and O–H groups in total. The third kappa shape index (κ3) is 6.98. The van der Waals surface area contributed by atoms with Gasteiger partial charge in [-0.3, -0.25) is 9.69 Å². The van der Waals surface area contributed by atoms with Crippen LogP contribution in [0.3, 0.4) is 0 Å². The minimum absolute atomic E-state index is 0.150. The van der Waals surface area contributed by atoms with Crippen molar-refractivity contribution in [3.63, 3.8) is 0 Å². The van der Waals surface area contributed by atoms with Crippen LogP contribution in [0.2, 0.25) is 0 Å². The van der Waals surface area contributed by atoms with Crippen molar-refractivity contribution in [3.05, 3.63) is 108 Å². The molecular weight excluding hydrogens is 480 g/mol. The first-order valence-corrected chi connectivity index (χ1v) is 14.6. The van der Waals surface area contributed by atoms with Gasteiger partial charge in [-0.2, -0.15) is 0 Å². The average molecular weight is 527 g/mol. The number of hydrogen-bond donors (Lipinski definition) is 1. The zero-order valence-electron chi connectivity index (χ0n) is 24.4. The fraction of sp³-hybridized carbons (Fsp3) is 0.457. The first kappa shape index (κ1) is 29.0. The molecule has 4 heteroatoms. The second kappa shape index (κ2) is 12.9. The molecule has 0 aliphatic carbocycles. The fourth-order valence-corrected chi connectivity index (χ4v) is 6.06. The van der Waals surface area contributed by atoms with Crippen molar-refractivity contribution in [1.82, 2.24) is 10.2 Å². The van der Waals surface area contributed by atoms with Crippen molar-refractivity contribution < 1.29 is 9.53 Å². The summed E-state index contributed by atoms with van der Waals surface area (Å²) in [5.74, 6) is 0.648. The Morgan fingerprint density at radius 3 is 1.79 bits per heavy atom. The average Bonchev–Trinajstić information content (AvgIpc) is 3.39. The molecule has 0 aromatic heterocycles. The summed E-state index contributed by atoms with van der Waals surface area (Å²) < 4.78 is 5.66. The van der Waals surface area contributed by atoms with E-state index >= 15 is 0 Å². The molecule has 0 spiro atoms. The van der Waals surface area contributed by atoms with Crippen LogP contribution in [0.5, 0.6) is 0 Å². The number of benzene rings is 3. The normalized spacial score (nSPS) is 17.3. The third-order valence-electron chi connectivity index (χ3n) is 7.82. The lowest BCUT2D eigenvalue weighted by atomic mass is 9.75. The second-order valence-corrected chi connectivity index (χ2v) is 12.3. The number of nitrogens with zero attached hydrogens (tertiary/aromatic N) is 1. The molecule has 0 radical (unpaired) electrons. The standard InChI is InChI=1S/C35H46N2O2/c1-27(2)32(33(38)39-34(3,4)5)36-24-15-16-28-23-25-37(26-28)35(29-17-9-6-10-18-29,30-19-11-7-12-20-30)31-21-13-8-14-22-31/h6-14,17-22,27-28,32,36H,15-16,23-26H2,1-5H3/t28?,32-/m0/s1. The van der Waals surface area contributed by atoms with Gasteiger partial charge in [-0.05, 0) is 81.6 Å². The Bertz CT molecular complexity index is 1060. The van der Waals surface area contributed by atoms with Gasteiger partial charge in [0.1, 0.15) is 11.6 Å². The van der Waals surface area contributed by atoms with E-state index in [0.717, 1.165) is 32.5 Å². The second-order valence-electron chi connectivity index (χ2n) is 12.3. The van der Waals surface area contributed by atoms with Crippen LogP contribution in [0, 0.1) is 11.8 Å². The lowest BCUT2D eigenvalue weighted by Crippen LogP contribution is -2.47. The van der Waals surface area contributed by atoms with Crippen LogP contribution in [0.15, 0.2) is 91.0 Å². The molecule has 208 valence electrons. The topological polar surface area (TPSA) is 41.6 Å². The lowest BCUT2D eigenvalue weighted by Gasteiger charge is -2.44. The number of ether oxygens (including phenoxy) is 1. The Labute approximate surface area is 235 Å². The predicted molar refractivity (Wildman–Crippen MR) is 161 cm³/mol. The largest absolute Gasteiger partial charge is 0.459 e. The van der Waals surface area contributed by atoms with E-state index in [9.17, 15) is 4.79 Å². The minimum atomic E-state index is -0.470. The zero-order valence-corrected chi connectivity index (χ0v) is 24.4. The highest BCUT2D eigenvalue weighted by Gasteiger charge is 2.44. The van der Waals surface area contributed by atoms with Crippen molar-refractivity contribution in [1.29, 1.82) is 0 Å². The molecule has 1 fully saturated rings. The van der Waals surface area contributed by atoms with Gasteiger partial charge in [-0.1, -0.05) is 105 Å². The molecule has 1 heterocycles. The first-order valence-electron chi connectivity index (χ1n) is 14.6.